The molecule has 296 valence electrons. The van der Waals surface area contributed by atoms with Crippen molar-refractivity contribution in [2.45, 2.75) is 156 Å². The highest BCUT2D eigenvalue weighted by Crippen LogP contribution is 2.14. The first-order valence-electron chi connectivity index (χ1n) is 18.4. The van der Waals surface area contributed by atoms with Gasteiger partial charge in [-0.1, -0.05) is 55.4 Å². The van der Waals surface area contributed by atoms with Gasteiger partial charge in [-0.3, -0.25) is 28.8 Å². The molecule has 0 saturated heterocycles. The Kier molecular flexibility index (Phi) is 25.0. The first-order valence-corrected chi connectivity index (χ1v) is 19.7. The lowest BCUT2D eigenvalue weighted by Gasteiger charge is -2.27. The molecule has 0 saturated carbocycles. The first-order chi connectivity index (χ1) is 23.7. The van der Waals surface area contributed by atoms with Crippen molar-refractivity contribution in [2.24, 2.45) is 29.4 Å². The summed E-state index contributed by atoms with van der Waals surface area (Å²) in [6.07, 6.45) is 1.97. The van der Waals surface area contributed by atoms with Crippen molar-refractivity contribution < 1.29 is 33.9 Å². The molecule has 0 aromatic rings. The summed E-state index contributed by atoms with van der Waals surface area (Å²) in [6.45, 7) is 15.6. The fourth-order valence-corrected chi connectivity index (χ4v) is 6.31. The SMILES string of the molecule is CC(C)C[C@@H](CC(=O)O)NC(=O)C[C@H](CCS)NC(=O)C[C@@H](NC(=O)C[C@H](CC(C)C)NC(=O)C[C@H](CCS)NC(=O)C[C@@H](N)C(C)C)C(C)C. The van der Waals surface area contributed by atoms with E-state index in [4.69, 9.17) is 5.73 Å². The van der Waals surface area contributed by atoms with E-state index in [1.54, 1.807) is 0 Å². The molecule has 13 nitrogen and oxygen atoms in total. The van der Waals surface area contributed by atoms with E-state index < -0.39 is 36.2 Å². The van der Waals surface area contributed by atoms with Gasteiger partial charge in [0.1, 0.15) is 0 Å². The zero-order valence-corrected chi connectivity index (χ0v) is 33.9. The fraction of sp³-hybridized carbons (Fsp3) is 0.833. The smallest absolute Gasteiger partial charge is 0.305 e. The average Bonchev–Trinajstić information content (AvgIpc) is 2.95. The van der Waals surface area contributed by atoms with E-state index in [1.165, 1.54) is 0 Å². The molecule has 0 spiro atoms. The maximum atomic E-state index is 13.3. The number of carbonyl (C=O) groups is 6. The standard InChI is InChI=1S/C36H68N6O7S2/c1-21(2)13-27(40-31(43)15-25(9-11-50)38-34(46)19-29(37)23(5)6)17-33(45)42-30(24(7)8)20-35(47)39-26(10-12-51)16-32(44)41-28(14-22(3)4)18-36(48)49/h21-30,50-51H,9-20,37H2,1-8H3,(H,38,46)(H,39,47)(H,40,43)(H,41,44)(H,42,45)(H,48,49)/t25-,26-,27-,28-,29+,30+/m0/s1. The van der Waals surface area contributed by atoms with Crippen molar-refractivity contribution in [3.63, 3.8) is 0 Å². The number of amides is 5. The number of carbonyl (C=O) groups excluding carboxylic acids is 5. The molecule has 0 radical (unpaired) electrons. The zero-order valence-electron chi connectivity index (χ0n) is 32.1. The molecule has 15 heteroatoms. The van der Waals surface area contributed by atoms with Crippen LogP contribution in [-0.2, 0) is 28.8 Å². The van der Waals surface area contributed by atoms with Crippen LogP contribution in [0, 0.1) is 23.7 Å². The summed E-state index contributed by atoms with van der Waals surface area (Å²) in [6, 6.07) is -2.70. The second kappa shape index (κ2) is 26.3. The normalized spacial score (nSPS) is 15.1. The van der Waals surface area contributed by atoms with Crippen LogP contribution in [0.4, 0.5) is 0 Å². The van der Waals surface area contributed by atoms with Crippen LogP contribution in [-0.4, -0.2) is 88.4 Å². The van der Waals surface area contributed by atoms with E-state index in [0.29, 0.717) is 37.2 Å². The fourth-order valence-electron chi connectivity index (χ4n) is 5.68. The van der Waals surface area contributed by atoms with Gasteiger partial charge in [0.25, 0.3) is 0 Å². The van der Waals surface area contributed by atoms with Crippen molar-refractivity contribution in [3.8, 4) is 0 Å². The number of nitrogens with one attached hydrogen (secondary N) is 5. The van der Waals surface area contributed by atoms with Crippen molar-refractivity contribution in [1.82, 2.24) is 26.6 Å². The minimum Gasteiger partial charge on any atom is -0.481 e. The van der Waals surface area contributed by atoms with Gasteiger partial charge in [-0.25, -0.2) is 0 Å². The van der Waals surface area contributed by atoms with Crippen LogP contribution in [0.5, 0.6) is 0 Å². The number of carboxylic acids is 1. The van der Waals surface area contributed by atoms with Crippen LogP contribution < -0.4 is 32.3 Å². The molecule has 5 amide bonds. The Hall–Kier alpha value is -2.52. The van der Waals surface area contributed by atoms with Gasteiger partial charge in [-0.15, -0.1) is 0 Å². The van der Waals surface area contributed by atoms with Gasteiger partial charge in [0.05, 0.1) is 6.42 Å². The molecule has 0 aromatic carbocycles. The molecule has 0 unspecified atom stereocenters. The van der Waals surface area contributed by atoms with Crippen LogP contribution in [0.25, 0.3) is 0 Å². The minimum atomic E-state index is -0.998. The molecular formula is C36H68N6O7S2. The number of aliphatic carboxylic acids is 1. The lowest BCUT2D eigenvalue weighted by atomic mass is 9.97. The summed E-state index contributed by atoms with van der Waals surface area (Å²) in [5, 5.41) is 23.8. The number of nitrogens with two attached hydrogens (primary N) is 1. The Labute approximate surface area is 317 Å². The van der Waals surface area contributed by atoms with Gasteiger partial charge >= 0.3 is 5.97 Å². The van der Waals surface area contributed by atoms with E-state index in [-0.39, 0.29) is 97.8 Å². The highest BCUT2D eigenvalue weighted by Gasteiger charge is 2.27. The van der Waals surface area contributed by atoms with Crippen LogP contribution in [0.2, 0.25) is 0 Å². The Morgan fingerprint density at radius 2 is 0.863 bits per heavy atom. The molecule has 6 atom stereocenters. The van der Waals surface area contributed by atoms with Gasteiger partial charge in [-0.05, 0) is 60.9 Å². The van der Waals surface area contributed by atoms with Crippen LogP contribution in [0.15, 0.2) is 0 Å². The van der Waals surface area contributed by atoms with Crippen LogP contribution in [0.1, 0.15) is 120 Å². The molecule has 0 aliphatic heterocycles. The van der Waals surface area contributed by atoms with E-state index in [1.807, 2.05) is 55.4 Å². The summed E-state index contributed by atoms with van der Waals surface area (Å²) in [4.78, 5) is 76.2. The maximum absolute atomic E-state index is 13.3. The predicted octanol–water partition coefficient (Wildman–Crippen LogP) is 3.21. The third-order valence-electron chi connectivity index (χ3n) is 8.48. The summed E-state index contributed by atoms with van der Waals surface area (Å²) in [5.74, 6) is -1.17. The second-order valence-corrected chi connectivity index (χ2v) is 16.2. The molecular weight excluding hydrogens is 693 g/mol. The van der Waals surface area contributed by atoms with E-state index in [2.05, 4.69) is 51.8 Å². The summed E-state index contributed by atoms with van der Waals surface area (Å²) in [7, 11) is 0. The summed E-state index contributed by atoms with van der Waals surface area (Å²) >= 11 is 8.56. The predicted molar refractivity (Wildman–Crippen MR) is 208 cm³/mol. The molecule has 0 aromatic heterocycles. The number of rotatable bonds is 27. The van der Waals surface area contributed by atoms with Crippen molar-refractivity contribution in [3.05, 3.63) is 0 Å². The number of hydrogen-bond donors (Lipinski definition) is 9. The third kappa shape index (κ3) is 24.4. The topological polar surface area (TPSA) is 209 Å². The van der Waals surface area contributed by atoms with Crippen molar-refractivity contribution in [2.75, 3.05) is 11.5 Å². The Bertz CT molecular complexity index is 1090. The molecule has 0 heterocycles. The average molecular weight is 761 g/mol. The molecule has 0 rings (SSSR count). The van der Waals surface area contributed by atoms with Gasteiger partial charge in [0.15, 0.2) is 0 Å². The monoisotopic (exact) mass is 760 g/mol. The Morgan fingerprint density at radius 3 is 1.24 bits per heavy atom. The zero-order chi connectivity index (χ0) is 39.3. The van der Waals surface area contributed by atoms with Crippen LogP contribution in [0.3, 0.4) is 0 Å². The van der Waals surface area contributed by atoms with E-state index in [0.717, 1.165) is 0 Å². The van der Waals surface area contributed by atoms with Gasteiger partial charge in [0.2, 0.25) is 29.5 Å². The Morgan fingerprint density at radius 1 is 0.510 bits per heavy atom. The van der Waals surface area contributed by atoms with Gasteiger partial charge in [-0.2, -0.15) is 25.3 Å². The van der Waals surface area contributed by atoms with Gasteiger partial charge < -0.3 is 37.4 Å². The molecule has 0 aliphatic rings. The van der Waals surface area contributed by atoms with Crippen molar-refractivity contribution in [1.29, 1.82) is 0 Å². The number of carboxylic acid groups (broad SMARTS) is 1. The molecule has 0 aliphatic carbocycles. The largest absolute Gasteiger partial charge is 0.481 e. The van der Waals surface area contributed by atoms with Crippen molar-refractivity contribution >= 4 is 60.8 Å². The Balaban J connectivity index is 5.39. The lowest BCUT2D eigenvalue weighted by Crippen LogP contribution is -2.48. The quantitative estimate of drug-likeness (QED) is 0.0567. The number of thiol groups is 2. The maximum Gasteiger partial charge on any atom is 0.305 e. The molecule has 8 N–H and O–H groups in total. The molecule has 0 bridgehead atoms. The number of hydrogen-bond acceptors (Lipinski definition) is 9. The third-order valence-corrected chi connectivity index (χ3v) is 8.99. The molecule has 51 heavy (non-hydrogen) atoms. The highest BCUT2D eigenvalue weighted by atomic mass is 32.1. The molecule has 0 fully saturated rings. The second-order valence-electron chi connectivity index (χ2n) is 15.3. The van der Waals surface area contributed by atoms with E-state index in [9.17, 15) is 33.9 Å². The van der Waals surface area contributed by atoms with Gasteiger partial charge in [0, 0.05) is 68.4 Å². The lowest BCUT2D eigenvalue weighted by molar-refractivity contribution is -0.138. The first kappa shape index (κ1) is 48.5. The summed E-state index contributed by atoms with van der Waals surface area (Å²) < 4.78 is 0. The van der Waals surface area contributed by atoms with E-state index >= 15 is 0 Å². The summed E-state index contributed by atoms with van der Waals surface area (Å²) in [5.41, 5.74) is 6.05. The minimum absolute atomic E-state index is 0.0118. The van der Waals surface area contributed by atoms with Crippen LogP contribution >= 0.6 is 25.3 Å². The highest BCUT2D eigenvalue weighted by molar-refractivity contribution is 7.80.